The Morgan fingerprint density at radius 2 is 1.72 bits per heavy atom. The molecule has 0 spiro atoms. The molecule has 0 fully saturated rings. The minimum atomic E-state index is -0.596. The van der Waals surface area contributed by atoms with E-state index >= 15 is 0 Å². The average Bonchev–Trinajstić information content (AvgIpc) is 3.29. The van der Waals surface area contributed by atoms with Gasteiger partial charge in [0.2, 0.25) is 0 Å². The lowest BCUT2D eigenvalue weighted by atomic mass is 10.0. The quantitative estimate of drug-likeness (QED) is 0.390. The molecule has 3 N–H and O–H groups in total. The number of nitrogens with zero attached hydrogens (tertiary/aromatic N) is 1. The molecule has 4 aromatic rings. The van der Waals surface area contributed by atoms with E-state index < -0.39 is 5.91 Å². The van der Waals surface area contributed by atoms with Gasteiger partial charge in [-0.3, -0.25) is 9.59 Å². The van der Waals surface area contributed by atoms with Crippen molar-refractivity contribution < 1.29 is 14.0 Å². The number of nitrogens with one attached hydrogen (secondary N) is 1. The van der Waals surface area contributed by atoms with Crippen LogP contribution in [0.3, 0.4) is 0 Å². The molecule has 0 aliphatic rings. The van der Waals surface area contributed by atoms with E-state index in [0.717, 1.165) is 26.6 Å². The van der Waals surface area contributed by atoms with Crippen molar-refractivity contribution in [3.8, 4) is 11.1 Å². The minimum Gasteiger partial charge on any atom is -0.365 e. The van der Waals surface area contributed by atoms with Crippen molar-refractivity contribution >= 4 is 39.5 Å². The van der Waals surface area contributed by atoms with E-state index in [0.29, 0.717) is 27.6 Å². The highest BCUT2D eigenvalue weighted by Gasteiger charge is 2.24. The van der Waals surface area contributed by atoms with Crippen LogP contribution in [0.4, 0.5) is 9.39 Å². The predicted octanol–water partition coefficient (Wildman–Crippen LogP) is 5.57. The molecular formula is C24H20FN3O2S2. The van der Waals surface area contributed by atoms with Gasteiger partial charge in [0, 0.05) is 16.9 Å². The fraction of sp³-hybridized carbons (Fsp3) is 0.125. The minimum absolute atomic E-state index is 0.296. The van der Waals surface area contributed by atoms with Gasteiger partial charge in [-0.2, -0.15) is 0 Å². The fourth-order valence-corrected chi connectivity index (χ4v) is 5.57. The molecule has 0 radical (unpaired) electrons. The van der Waals surface area contributed by atoms with Crippen LogP contribution in [0.1, 0.15) is 41.2 Å². The van der Waals surface area contributed by atoms with Crippen molar-refractivity contribution in [2.24, 2.45) is 5.73 Å². The number of thiazole rings is 1. The lowest BCUT2D eigenvalue weighted by molar-refractivity contribution is 0.100. The summed E-state index contributed by atoms with van der Waals surface area (Å²) in [4.78, 5) is 31.2. The van der Waals surface area contributed by atoms with Crippen LogP contribution in [0, 0.1) is 19.7 Å². The Labute approximate surface area is 192 Å². The van der Waals surface area contributed by atoms with Gasteiger partial charge in [-0.25, -0.2) is 9.37 Å². The number of primary amides is 1. The Morgan fingerprint density at radius 3 is 2.38 bits per heavy atom. The van der Waals surface area contributed by atoms with E-state index in [2.05, 4.69) is 10.3 Å². The summed E-state index contributed by atoms with van der Waals surface area (Å²) < 4.78 is 13.1. The van der Waals surface area contributed by atoms with Gasteiger partial charge in [0.1, 0.15) is 15.7 Å². The Kier molecular flexibility index (Phi) is 6.16. The number of hydrogen-bond acceptors (Lipinski definition) is 5. The van der Waals surface area contributed by atoms with Crippen LogP contribution in [-0.2, 0) is 6.42 Å². The summed E-state index contributed by atoms with van der Waals surface area (Å²) >= 11 is 2.60. The smallest absolute Gasteiger partial charge is 0.268 e. The number of halogens is 1. The second kappa shape index (κ2) is 9.02. The number of aryl methyl sites for hydroxylation is 2. The largest absolute Gasteiger partial charge is 0.365 e. The van der Waals surface area contributed by atoms with Crippen LogP contribution in [0.2, 0.25) is 0 Å². The maximum atomic E-state index is 13.1. The predicted molar refractivity (Wildman–Crippen MR) is 127 cm³/mol. The first-order valence-electron chi connectivity index (χ1n) is 9.84. The first-order valence-corrected chi connectivity index (χ1v) is 11.5. The molecule has 0 bridgehead atoms. The molecule has 0 aliphatic carbocycles. The molecule has 0 aliphatic heterocycles. The molecule has 162 valence electrons. The van der Waals surface area contributed by atoms with Crippen molar-refractivity contribution in [2.45, 2.75) is 20.3 Å². The summed E-state index contributed by atoms with van der Waals surface area (Å²) in [5.74, 6) is -1.23. The number of aromatic nitrogens is 1. The van der Waals surface area contributed by atoms with Gasteiger partial charge in [0.05, 0.1) is 16.3 Å². The van der Waals surface area contributed by atoms with Crippen LogP contribution >= 0.6 is 22.7 Å². The van der Waals surface area contributed by atoms with Gasteiger partial charge >= 0.3 is 0 Å². The Hall–Kier alpha value is -3.36. The van der Waals surface area contributed by atoms with Crippen molar-refractivity contribution in [1.82, 2.24) is 4.98 Å². The first-order chi connectivity index (χ1) is 15.3. The van der Waals surface area contributed by atoms with Crippen LogP contribution in [0.5, 0.6) is 0 Å². The second-order valence-corrected chi connectivity index (χ2v) is 9.56. The topological polar surface area (TPSA) is 85.1 Å². The van der Waals surface area contributed by atoms with E-state index in [1.54, 1.807) is 19.1 Å². The van der Waals surface area contributed by atoms with Gasteiger partial charge in [0.25, 0.3) is 11.8 Å². The van der Waals surface area contributed by atoms with Crippen LogP contribution in [0.15, 0.2) is 54.6 Å². The maximum absolute atomic E-state index is 13.1. The number of nitrogens with two attached hydrogens (primary N) is 1. The third kappa shape index (κ3) is 4.46. The third-order valence-electron chi connectivity index (χ3n) is 4.94. The lowest BCUT2D eigenvalue weighted by Gasteiger charge is -2.06. The summed E-state index contributed by atoms with van der Waals surface area (Å²) in [6.45, 7) is 3.66. The Morgan fingerprint density at radius 1 is 1.03 bits per heavy atom. The summed E-state index contributed by atoms with van der Waals surface area (Å²) in [6.07, 6.45) is 0.502. The van der Waals surface area contributed by atoms with E-state index in [1.807, 2.05) is 37.3 Å². The van der Waals surface area contributed by atoms with Crippen LogP contribution in [-0.4, -0.2) is 16.8 Å². The van der Waals surface area contributed by atoms with Crippen molar-refractivity contribution in [2.75, 3.05) is 5.32 Å². The molecular weight excluding hydrogens is 445 g/mol. The molecule has 0 atom stereocenters. The molecule has 0 saturated carbocycles. The van der Waals surface area contributed by atoms with E-state index in [4.69, 9.17) is 5.73 Å². The SMILES string of the molecule is Cc1nc(Cc2ccc(F)cc2)sc1C(=O)Nc1sc(C)c(-c2ccccc2)c1C(N)=O. The molecule has 2 aromatic carbocycles. The van der Waals surface area contributed by atoms with Crippen LogP contribution in [0.25, 0.3) is 11.1 Å². The Bertz CT molecular complexity index is 1300. The number of carbonyl (C=O) groups excluding carboxylic acids is 2. The molecule has 0 unspecified atom stereocenters. The zero-order chi connectivity index (χ0) is 22.8. The molecule has 8 heteroatoms. The number of thiophene rings is 1. The lowest BCUT2D eigenvalue weighted by Crippen LogP contribution is -2.17. The summed E-state index contributed by atoms with van der Waals surface area (Å²) in [5, 5.41) is 4.04. The normalized spacial score (nSPS) is 10.8. The van der Waals surface area contributed by atoms with Gasteiger partial charge in [-0.05, 0) is 37.1 Å². The van der Waals surface area contributed by atoms with Gasteiger partial charge in [0.15, 0.2) is 0 Å². The molecule has 4 rings (SSSR count). The summed E-state index contributed by atoms with van der Waals surface area (Å²) in [6, 6.07) is 15.7. The number of hydrogen-bond donors (Lipinski definition) is 2. The molecule has 2 heterocycles. The molecule has 5 nitrogen and oxygen atoms in total. The van der Waals surface area contributed by atoms with E-state index in [1.165, 1.54) is 34.8 Å². The third-order valence-corrected chi connectivity index (χ3v) is 7.11. The monoisotopic (exact) mass is 465 g/mol. The standard InChI is InChI=1S/C24H20FN3O2S2/c1-13-21(32-18(27-13)12-15-8-10-17(25)11-9-15)23(30)28-24-20(22(26)29)19(14(2)31-24)16-6-4-3-5-7-16/h3-11H,12H2,1-2H3,(H2,26,29)(H,28,30). The number of rotatable bonds is 6. The number of anilines is 1. The van der Waals surface area contributed by atoms with Gasteiger partial charge in [-0.1, -0.05) is 42.5 Å². The second-order valence-electron chi connectivity index (χ2n) is 7.25. The Balaban J connectivity index is 1.61. The first kappa shape index (κ1) is 21.9. The highest BCUT2D eigenvalue weighted by atomic mass is 32.1. The van der Waals surface area contributed by atoms with Gasteiger partial charge in [-0.15, -0.1) is 22.7 Å². The van der Waals surface area contributed by atoms with Crippen LogP contribution < -0.4 is 11.1 Å². The molecule has 0 saturated heterocycles. The average molecular weight is 466 g/mol. The number of benzene rings is 2. The van der Waals surface area contributed by atoms with Crippen molar-refractivity contribution in [3.05, 3.63) is 92.0 Å². The van der Waals surface area contributed by atoms with Gasteiger partial charge < -0.3 is 11.1 Å². The fourth-order valence-electron chi connectivity index (χ4n) is 3.50. The van der Waals surface area contributed by atoms with E-state index in [9.17, 15) is 14.0 Å². The molecule has 2 amide bonds. The molecule has 2 aromatic heterocycles. The van der Waals surface area contributed by atoms with Crippen molar-refractivity contribution in [3.63, 3.8) is 0 Å². The highest BCUT2D eigenvalue weighted by molar-refractivity contribution is 7.17. The van der Waals surface area contributed by atoms with E-state index in [-0.39, 0.29) is 11.7 Å². The zero-order valence-corrected chi connectivity index (χ0v) is 19.1. The van der Waals surface area contributed by atoms with Crippen molar-refractivity contribution in [1.29, 1.82) is 0 Å². The highest BCUT2D eigenvalue weighted by Crippen LogP contribution is 2.40. The summed E-state index contributed by atoms with van der Waals surface area (Å²) in [7, 11) is 0. The summed E-state index contributed by atoms with van der Waals surface area (Å²) in [5.41, 5.74) is 9.10. The zero-order valence-electron chi connectivity index (χ0n) is 17.4. The molecule has 32 heavy (non-hydrogen) atoms. The number of amides is 2. The number of carbonyl (C=O) groups is 2. The maximum Gasteiger partial charge on any atom is 0.268 e.